The molecule has 4 nitrogen and oxygen atoms in total. The predicted molar refractivity (Wildman–Crippen MR) is 72.0 cm³/mol. The average molecular weight is 265 g/mol. The number of nitrogens with zero attached hydrogens (tertiary/aromatic N) is 1. The molecule has 0 fully saturated rings. The number of carbonyl (C=O) groups excluding carboxylic acids is 1. The summed E-state index contributed by atoms with van der Waals surface area (Å²) >= 11 is 5.99. The van der Waals surface area contributed by atoms with Crippen molar-refractivity contribution >= 4 is 34.3 Å². The lowest BCUT2D eigenvalue weighted by Gasteiger charge is -2.09. The number of aromatic nitrogens is 1. The summed E-state index contributed by atoms with van der Waals surface area (Å²) in [6.45, 7) is 2.32. The van der Waals surface area contributed by atoms with E-state index in [4.69, 9.17) is 16.3 Å². The van der Waals surface area contributed by atoms with E-state index in [1.165, 1.54) is 0 Å². The fourth-order valence-corrected chi connectivity index (χ4v) is 1.82. The molecule has 5 heteroatoms. The van der Waals surface area contributed by atoms with Crippen molar-refractivity contribution in [2.75, 3.05) is 11.9 Å². The highest BCUT2D eigenvalue weighted by atomic mass is 35.5. The van der Waals surface area contributed by atoms with Crippen molar-refractivity contribution in [3.8, 4) is 0 Å². The highest BCUT2D eigenvalue weighted by molar-refractivity contribution is 6.32. The summed E-state index contributed by atoms with van der Waals surface area (Å²) in [6.07, 6.45) is 1.95. The molecule has 0 spiro atoms. The number of hydrogen-bond donors (Lipinski definition) is 1. The third-order valence-electron chi connectivity index (χ3n) is 2.34. The molecule has 94 valence electrons. The Morgan fingerprint density at radius 2 is 2.33 bits per heavy atom. The summed E-state index contributed by atoms with van der Waals surface area (Å²) in [6, 6.07) is 7.16. The lowest BCUT2D eigenvalue weighted by Crippen LogP contribution is -2.14. The van der Waals surface area contributed by atoms with Gasteiger partial charge in [-0.25, -0.2) is 4.79 Å². The minimum atomic E-state index is -0.494. The van der Waals surface area contributed by atoms with Crippen LogP contribution in [0, 0.1) is 0 Å². The minimum absolute atomic E-state index is 0.387. The molecule has 1 aromatic carbocycles. The first-order chi connectivity index (χ1) is 8.70. The third-order valence-corrected chi connectivity index (χ3v) is 2.56. The molecule has 1 aromatic heterocycles. The summed E-state index contributed by atoms with van der Waals surface area (Å²) in [7, 11) is 0. The number of pyridine rings is 1. The molecule has 0 bridgehead atoms. The van der Waals surface area contributed by atoms with Crippen LogP contribution >= 0.6 is 11.6 Å². The van der Waals surface area contributed by atoms with E-state index < -0.39 is 6.09 Å². The standard InChI is InChI=1S/C13H13ClN2O2/c1-2-6-18-13(17)16-11-8-10(14)7-9-4-3-5-15-12(9)11/h3-5,7-8H,2,6H2,1H3,(H,16,17). The molecule has 1 amide bonds. The molecule has 2 rings (SSSR count). The van der Waals surface area contributed by atoms with Gasteiger partial charge >= 0.3 is 6.09 Å². The minimum Gasteiger partial charge on any atom is -0.449 e. The van der Waals surface area contributed by atoms with Crippen LogP contribution < -0.4 is 5.32 Å². The quantitative estimate of drug-likeness (QED) is 0.916. The Labute approximate surface area is 110 Å². The van der Waals surface area contributed by atoms with Crippen LogP contribution in [0.3, 0.4) is 0 Å². The first-order valence-corrected chi connectivity index (χ1v) is 6.06. The molecule has 0 atom stereocenters. The molecular weight excluding hydrogens is 252 g/mol. The van der Waals surface area contributed by atoms with Crippen LogP contribution in [0.1, 0.15) is 13.3 Å². The first-order valence-electron chi connectivity index (χ1n) is 5.68. The Morgan fingerprint density at radius 1 is 1.50 bits per heavy atom. The molecule has 0 aliphatic rings. The van der Waals surface area contributed by atoms with Gasteiger partial charge < -0.3 is 4.74 Å². The number of rotatable bonds is 3. The molecule has 0 unspecified atom stereocenters. The maximum Gasteiger partial charge on any atom is 0.411 e. The topological polar surface area (TPSA) is 51.2 Å². The number of nitrogens with one attached hydrogen (secondary N) is 1. The number of ether oxygens (including phenoxy) is 1. The van der Waals surface area contributed by atoms with Gasteiger partial charge in [0.15, 0.2) is 0 Å². The van der Waals surface area contributed by atoms with Crippen molar-refractivity contribution in [3.05, 3.63) is 35.5 Å². The Hall–Kier alpha value is -1.81. The maximum absolute atomic E-state index is 11.5. The Bertz CT molecular complexity index is 572. The number of hydrogen-bond acceptors (Lipinski definition) is 3. The van der Waals surface area contributed by atoms with Gasteiger partial charge in [-0.3, -0.25) is 10.3 Å². The van der Waals surface area contributed by atoms with Gasteiger partial charge in [0, 0.05) is 16.6 Å². The van der Waals surface area contributed by atoms with Gasteiger partial charge in [0.05, 0.1) is 17.8 Å². The van der Waals surface area contributed by atoms with Crippen molar-refractivity contribution < 1.29 is 9.53 Å². The van der Waals surface area contributed by atoms with E-state index >= 15 is 0 Å². The zero-order valence-corrected chi connectivity index (χ0v) is 10.7. The van der Waals surface area contributed by atoms with Gasteiger partial charge in [0.25, 0.3) is 0 Å². The van der Waals surface area contributed by atoms with E-state index in [0.717, 1.165) is 11.8 Å². The highest BCUT2D eigenvalue weighted by Crippen LogP contribution is 2.26. The molecule has 0 aliphatic heterocycles. The van der Waals surface area contributed by atoms with E-state index in [2.05, 4.69) is 10.3 Å². The van der Waals surface area contributed by atoms with Crippen LogP contribution in [-0.4, -0.2) is 17.7 Å². The second-order valence-corrected chi connectivity index (χ2v) is 4.23. The lowest BCUT2D eigenvalue weighted by molar-refractivity contribution is 0.162. The van der Waals surface area contributed by atoms with E-state index in [1.807, 2.05) is 19.1 Å². The van der Waals surface area contributed by atoms with Crippen LogP contribution in [-0.2, 0) is 4.74 Å². The van der Waals surface area contributed by atoms with Crippen molar-refractivity contribution in [1.82, 2.24) is 4.98 Å². The van der Waals surface area contributed by atoms with Crippen LogP contribution in [0.2, 0.25) is 5.02 Å². The van der Waals surface area contributed by atoms with Crippen LogP contribution in [0.25, 0.3) is 10.9 Å². The summed E-state index contributed by atoms with van der Waals surface area (Å²) in [5.74, 6) is 0. The summed E-state index contributed by atoms with van der Waals surface area (Å²) < 4.78 is 4.96. The monoisotopic (exact) mass is 264 g/mol. The van der Waals surface area contributed by atoms with E-state index in [-0.39, 0.29) is 0 Å². The molecule has 0 saturated carbocycles. The van der Waals surface area contributed by atoms with E-state index in [1.54, 1.807) is 18.3 Å². The molecule has 0 radical (unpaired) electrons. The van der Waals surface area contributed by atoms with Gasteiger partial charge in [-0.2, -0.15) is 0 Å². The zero-order chi connectivity index (χ0) is 13.0. The Kier molecular flexibility index (Phi) is 3.99. The number of carbonyl (C=O) groups is 1. The van der Waals surface area contributed by atoms with Crippen LogP contribution in [0.5, 0.6) is 0 Å². The predicted octanol–water partition coefficient (Wildman–Crippen LogP) is 3.85. The average Bonchev–Trinajstić information content (AvgIpc) is 2.36. The number of fused-ring (bicyclic) bond motifs is 1. The summed E-state index contributed by atoms with van der Waals surface area (Å²) in [5.41, 5.74) is 1.24. The van der Waals surface area contributed by atoms with Gasteiger partial charge in [-0.1, -0.05) is 24.6 Å². The summed E-state index contributed by atoms with van der Waals surface area (Å²) in [4.78, 5) is 15.7. The second kappa shape index (κ2) is 5.69. The second-order valence-electron chi connectivity index (χ2n) is 3.79. The molecule has 1 heterocycles. The molecule has 18 heavy (non-hydrogen) atoms. The number of amides is 1. The van der Waals surface area contributed by atoms with E-state index in [9.17, 15) is 4.79 Å². The molecule has 1 N–H and O–H groups in total. The number of halogens is 1. The smallest absolute Gasteiger partial charge is 0.411 e. The molecule has 0 saturated heterocycles. The molecule has 0 aliphatic carbocycles. The maximum atomic E-state index is 11.5. The largest absolute Gasteiger partial charge is 0.449 e. The normalized spacial score (nSPS) is 10.3. The molecular formula is C13H13ClN2O2. The van der Waals surface area contributed by atoms with Gasteiger partial charge in [-0.05, 0) is 24.6 Å². The van der Waals surface area contributed by atoms with Crippen LogP contribution in [0.4, 0.5) is 10.5 Å². The molecule has 2 aromatic rings. The fraction of sp³-hybridized carbons (Fsp3) is 0.231. The SMILES string of the molecule is CCCOC(=O)Nc1cc(Cl)cc2cccnc12. The van der Waals surface area contributed by atoms with Crippen molar-refractivity contribution in [1.29, 1.82) is 0 Å². The Morgan fingerprint density at radius 3 is 3.11 bits per heavy atom. The fourth-order valence-electron chi connectivity index (χ4n) is 1.59. The Balaban J connectivity index is 2.29. The summed E-state index contributed by atoms with van der Waals surface area (Å²) in [5, 5.41) is 4.07. The number of benzene rings is 1. The highest BCUT2D eigenvalue weighted by Gasteiger charge is 2.08. The first kappa shape index (κ1) is 12.6. The van der Waals surface area contributed by atoms with E-state index in [0.29, 0.717) is 22.8 Å². The third kappa shape index (κ3) is 2.90. The van der Waals surface area contributed by atoms with Gasteiger partial charge in [0.2, 0.25) is 0 Å². The van der Waals surface area contributed by atoms with Gasteiger partial charge in [-0.15, -0.1) is 0 Å². The van der Waals surface area contributed by atoms with Crippen LogP contribution in [0.15, 0.2) is 30.5 Å². The number of anilines is 1. The van der Waals surface area contributed by atoms with Crippen molar-refractivity contribution in [2.24, 2.45) is 0 Å². The lowest BCUT2D eigenvalue weighted by atomic mass is 10.2. The zero-order valence-electron chi connectivity index (χ0n) is 9.94. The van der Waals surface area contributed by atoms with Crippen molar-refractivity contribution in [2.45, 2.75) is 13.3 Å². The van der Waals surface area contributed by atoms with Gasteiger partial charge in [0.1, 0.15) is 0 Å². The van der Waals surface area contributed by atoms with Crippen molar-refractivity contribution in [3.63, 3.8) is 0 Å².